The lowest BCUT2D eigenvalue weighted by atomic mass is 9.89. The minimum Gasteiger partial charge on any atom is -0.371 e. The van der Waals surface area contributed by atoms with Crippen LogP contribution in [0.25, 0.3) is 0 Å². The molecule has 1 unspecified atom stereocenters. The Morgan fingerprint density at radius 2 is 1.74 bits per heavy atom. The molecule has 2 aliphatic rings. The zero-order valence-corrected chi connectivity index (χ0v) is 21.9. The van der Waals surface area contributed by atoms with E-state index in [0.29, 0.717) is 54.2 Å². The van der Waals surface area contributed by atoms with Crippen molar-refractivity contribution < 1.29 is 26.7 Å². The second kappa shape index (κ2) is 11.0. The van der Waals surface area contributed by atoms with Gasteiger partial charge in [0.1, 0.15) is 29.4 Å². The molecule has 3 aromatic carbocycles. The number of hydrogen-bond donors (Lipinski definition) is 0. The van der Waals surface area contributed by atoms with E-state index >= 15 is 4.39 Å². The van der Waals surface area contributed by atoms with Crippen molar-refractivity contribution in [1.82, 2.24) is 0 Å². The van der Waals surface area contributed by atoms with Crippen LogP contribution in [0, 0.1) is 17.6 Å². The third-order valence-electron chi connectivity index (χ3n) is 7.30. The number of carbonyl (C=O) groups is 1. The number of piperidine rings is 1. The zero-order valence-electron chi connectivity index (χ0n) is 21.1. The van der Waals surface area contributed by atoms with Crippen LogP contribution < -0.4 is 9.80 Å². The Morgan fingerprint density at radius 3 is 2.38 bits per heavy atom. The summed E-state index contributed by atoms with van der Waals surface area (Å²) in [6.45, 7) is 1.20. The van der Waals surface area contributed by atoms with E-state index in [9.17, 15) is 22.4 Å². The van der Waals surface area contributed by atoms with Crippen LogP contribution in [-0.4, -0.2) is 31.5 Å². The van der Waals surface area contributed by atoms with Gasteiger partial charge < -0.3 is 14.6 Å². The Labute approximate surface area is 227 Å². The number of aldehydes is 1. The maximum Gasteiger partial charge on any atom is 0.416 e. The molecule has 0 aliphatic carbocycles. The largest absolute Gasteiger partial charge is 0.416 e. The number of hydrogen-bond acceptors (Lipinski definition) is 5. The molecule has 2 aliphatic heterocycles. The van der Waals surface area contributed by atoms with Gasteiger partial charge in [-0.3, -0.25) is 0 Å². The average Bonchev–Trinajstić information content (AvgIpc) is 2.93. The fourth-order valence-corrected chi connectivity index (χ4v) is 5.96. The van der Waals surface area contributed by atoms with Crippen LogP contribution in [-0.2, 0) is 11.0 Å². The lowest BCUT2D eigenvalue weighted by molar-refractivity contribution is -0.137. The van der Waals surface area contributed by atoms with Crippen molar-refractivity contribution in [2.45, 2.75) is 36.4 Å². The van der Waals surface area contributed by atoms with Gasteiger partial charge in [-0.05, 0) is 67.6 Å². The number of carbonyl (C=O) groups excluding carboxylic acids is 1. The molecule has 3 aromatic rings. The summed E-state index contributed by atoms with van der Waals surface area (Å²) in [6.07, 6.45) is -0.942. The van der Waals surface area contributed by atoms with E-state index in [4.69, 9.17) is 4.99 Å². The van der Waals surface area contributed by atoms with Crippen LogP contribution in [0.15, 0.2) is 70.6 Å². The van der Waals surface area contributed by atoms with Gasteiger partial charge in [-0.2, -0.15) is 13.2 Å². The van der Waals surface area contributed by atoms with Crippen LogP contribution in [0.3, 0.4) is 0 Å². The van der Waals surface area contributed by atoms with E-state index in [1.54, 1.807) is 29.4 Å². The number of thioether (sulfide) groups is 1. The van der Waals surface area contributed by atoms with Gasteiger partial charge in [0.05, 0.1) is 17.3 Å². The first-order valence-electron chi connectivity index (χ1n) is 12.6. The third-order valence-corrected chi connectivity index (χ3v) is 8.08. The minimum atomic E-state index is -4.57. The predicted molar refractivity (Wildman–Crippen MR) is 144 cm³/mol. The molecule has 1 saturated heterocycles. The lowest BCUT2D eigenvalue weighted by Gasteiger charge is -2.43. The molecule has 0 radical (unpaired) electrons. The monoisotopic (exact) mass is 559 g/mol. The molecule has 4 nitrogen and oxygen atoms in total. The number of anilines is 2. The molecule has 5 rings (SSSR count). The van der Waals surface area contributed by atoms with Gasteiger partial charge in [0.25, 0.3) is 0 Å². The normalized spacial score (nSPS) is 18.1. The quantitative estimate of drug-likeness (QED) is 0.175. The summed E-state index contributed by atoms with van der Waals surface area (Å²) in [7, 11) is 0. The van der Waals surface area contributed by atoms with E-state index in [0.717, 1.165) is 17.8 Å². The number of aliphatic imine (C=N–C) groups is 1. The van der Waals surface area contributed by atoms with Crippen molar-refractivity contribution in [1.29, 1.82) is 0 Å². The molecule has 0 N–H and O–H groups in total. The van der Waals surface area contributed by atoms with Crippen molar-refractivity contribution >= 4 is 40.9 Å². The fourth-order valence-electron chi connectivity index (χ4n) is 5.39. The van der Waals surface area contributed by atoms with Crippen molar-refractivity contribution in [2.75, 3.05) is 29.1 Å². The first kappa shape index (κ1) is 27.2. The molecule has 0 bridgehead atoms. The van der Waals surface area contributed by atoms with Gasteiger partial charge >= 0.3 is 6.18 Å². The highest BCUT2D eigenvalue weighted by molar-refractivity contribution is 7.98. The molecule has 0 saturated carbocycles. The molecule has 0 amide bonds. The first-order chi connectivity index (χ1) is 18.7. The van der Waals surface area contributed by atoms with Gasteiger partial charge in [0, 0.05) is 41.6 Å². The van der Waals surface area contributed by atoms with E-state index < -0.39 is 23.6 Å². The Morgan fingerprint density at radius 1 is 1.03 bits per heavy atom. The average molecular weight is 560 g/mol. The Kier molecular flexibility index (Phi) is 7.66. The summed E-state index contributed by atoms with van der Waals surface area (Å²) >= 11 is 1.30. The van der Waals surface area contributed by atoms with Crippen molar-refractivity contribution in [2.24, 2.45) is 10.9 Å². The predicted octanol–water partition coefficient (Wildman–Crippen LogP) is 7.80. The number of halogens is 5. The maximum atomic E-state index is 15.0. The number of rotatable bonds is 6. The molecule has 39 heavy (non-hydrogen) atoms. The molecular weight excluding hydrogens is 533 g/mol. The van der Waals surface area contributed by atoms with Gasteiger partial charge in [-0.1, -0.05) is 12.1 Å². The maximum absolute atomic E-state index is 15.0. The van der Waals surface area contributed by atoms with Crippen molar-refractivity contribution in [3.8, 4) is 0 Å². The Bertz CT molecular complexity index is 1380. The van der Waals surface area contributed by atoms with Gasteiger partial charge in [0.15, 0.2) is 0 Å². The van der Waals surface area contributed by atoms with E-state index in [-0.39, 0.29) is 23.8 Å². The fraction of sp³-hybridized carbons (Fsp3) is 0.310. The summed E-state index contributed by atoms with van der Waals surface area (Å²) in [4.78, 5) is 21.0. The molecule has 1 atom stereocenters. The Balaban J connectivity index is 1.60. The molecule has 0 aromatic heterocycles. The summed E-state index contributed by atoms with van der Waals surface area (Å²) in [5, 5.41) is 0. The number of nitrogens with zero attached hydrogens (tertiary/aromatic N) is 3. The number of alkyl halides is 3. The van der Waals surface area contributed by atoms with Crippen LogP contribution >= 0.6 is 11.8 Å². The van der Waals surface area contributed by atoms with E-state index in [2.05, 4.69) is 4.90 Å². The highest BCUT2D eigenvalue weighted by Crippen LogP contribution is 2.47. The molecule has 204 valence electrons. The second-order valence-corrected chi connectivity index (χ2v) is 10.4. The number of amidine groups is 1. The topological polar surface area (TPSA) is 35.9 Å². The van der Waals surface area contributed by atoms with Crippen molar-refractivity contribution in [3.63, 3.8) is 0 Å². The highest BCUT2D eigenvalue weighted by Gasteiger charge is 2.39. The standard InChI is InChI=1S/C29H26F5N3OS/c1-39-26-10-5-19(29(32,33)34)17-25(26)37-24(13-16-38)22-3-2-4-23(31)27(22)35-28(37)18-11-14-36(15-12-18)21-8-6-20(30)7-9-21/h2-10,16-18,24H,11-15H2,1H3. The number of fused-ring (bicyclic) bond motifs is 1. The van der Waals surface area contributed by atoms with Crippen LogP contribution in [0.1, 0.15) is 36.4 Å². The molecule has 1 fully saturated rings. The molecular formula is C29H26F5N3OS. The molecule has 10 heteroatoms. The summed E-state index contributed by atoms with van der Waals surface area (Å²) in [6, 6.07) is 13.5. The van der Waals surface area contributed by atoms with E-state index in [1.807, 2.05) is 0 Å². The smallest absolute Gasteiger partial charge is 0.371 e. The van der Waals surface area contributed by atoms with Crippen LogP contribution in [0.5, 0.6) is 0 Å². The minimum absolute atomic E-state index is 0.0477. The SMILES string of the molecule is CSc1ccc(C(F)(F)F)cc1N1C(C2CCN(c3ccc(F)cc3)CC2)=Nc2c(F)cccc2C1CC=O. The molecule has 0 spiro atoms. The van der Waals surface area contributed by atoms with Gasteiger partial charge in [-0.25, -0.2) is 13.8 Å². The summed E-state index contributed by atoms with van der Waals surface area (Å²) < 4.78 is 69.8. The molecule has 2 heterocycles. The second-order valence-electron chi connectivity index (χ2n) is 9.56. The van der Waals surface area contributed by atoms with Crippen LogP contribution in [0.4, 0.5) is 39.0 Å². The number of benzene rings is 3. The summed E-state index contributed by atoms with van der Waals surface area (Å²) in [5.41, 5.74) is 0.929. The zero-order chi connectivity index (χ0) is 27.7. The van der Waals surface area contributed by atoms with Gasteiger partial charge in [-0.15, -0.1) is 11.8 Å². The van der Waals surface area contributed by atoms with E-state index in [1.165, 1.54) is 42.1 Å². The summed E-state index contributed by atoms with van der Waals surface area (Å²) in [5.74, 6) is -0.618. The highest BCUT2D eigenvalue weighted by atomic mass is 32.2. The number of para-hydroxylation sites is 1. The lowest BCUT2D eigenvalue weighted by Crippen LogP contribution is -2.46. The third kappa shape index (κ3) is 5.39. The van der Waals surface area contributed by atoms with Crippen LogP contribution in [0.2, 0.25) is 0 Å². The van der Waals surface area contributed by atoms with Crippen molar-refractivity contribution in [3.05, 3.63) is 83.4 Å². The first-order valence-corrected chi connectivity index (χ1v) is 13.8. The van der Waals surface area contributed by atoms with Gasteiger partial charge in [0.2, 0.25) is 0 Å². The Hall–Kier alpha value is -3.40.